The Morgan fingerprint density at radius 2 is 2.09 bits per heavy atom. The lowest BCUT2D eigenvalue weighted by Gasteiger charge is -2.26. The van der Waals surface area contributed by atoms with Crippen LogP contribution in [-0.2, 0) is 11.3 Å². The highest BCUT2D eigenvalue weighted by molar-refractivity contribution is 5.76. The second-order valence-electron chi connectivity index (χ2n) is 5.73. The van der Waals surface area contributed by atoms with Crippen molar-refractivity contribution in [1.82, 2.24) is 4.90 Å². The average molecular weight is 303 g/mol. The third-order valence-corrected chi connectivity index (χ3v) is 2.74. The minimum atomic E-state index is -0.612. The number of methoxy groups -OCH3 is 1. The van der Waals surface area contributed by atoms with Crippen molar-refractivity contribution in [3.63, 3.8) is 0 Å². The summed E-state index contributed by atoms with van der Waals surface area (Å²) in [6, 6.07) is 5.00. The van der Waals surface area contributed by atoms with Crippen LogP contribution in [0.2, 0.25) is 0 Å². The highest BCUT2D eigenvalue weighted by Gasteiger charge is 2.22. The van der Waals surface area contributed by atoms with E-state index in [9.17, 15) is 9.59 Å². The van der Waals surface area contributed by atoms with Gasteiger partial charge in [0, 0.05) is 11.1 Å². The van der Waals surface area contributed by atoms with Gasteiger partial charge in [0.05, 0.1) is 20.2 Å². The van der Waals surface area contributed by atoms with Crippen molar-refractivity contribution in [1.29, 1.82) is 0 Å². The molecule has 0 fully saturated rings. The number of hydrogen-bond donors (Lipinski definition) is 0. The fraction of sp³-hybridized carbons (Fsp3) is 0.412. The van der Waals surface area contributed by atoms with Gasteiger partial charge < -0.3 is 9.47 Å². The van der Waals surface area contributed by atoms with Crippen LogP contribution < -0.4 is 4.74 Å². The van der Waals surface area contributed by atoms with E-state index >= 15 is 0 Å². The van der Waals surface area contributed by atoms with Gasteiger partial charge in [-0.05, 0) is 39.0 Å². The van der Waals surface area contributed by atoms with Gasteiger partial charge in [0.2, 0.25) is 0 Å². The van der Waals surface area contributed by atoms with Crippen molar-refractivity contribution in [3.05, 3.63) is 29.3 Å². The molecule has 0 spiro atoms. The molecule has 0 saturated heterocycles. The summed E-state index contributed by atoms with van der Waals surface area (Å²) in [4.78, 5) is 24.5. The van der Waals surface area contributed by atoms with Crippen LogP contribution in [0.25, 0.3) is 0 Å². The number of rotatable bonds is 5. The van der Waals surface area contributed by atoms with Crippen LogP contribution in [0.4, 0.5) is 4.79 Å². The smallest absolute Gasteiger partial charge is 0.411 e. The van der Waals surface area contributed by atoms with Gasteiger partial charge in [0.15, 0.2) is 0 Å². The Hall–Kier alpha value is -2.48. The average Bonchev–Trinajstić information content (AvgIpc) is 2.44. The Morgan fingerprint density at radius 3 is 2.59 bits per heavy atom. The topological polar surface area (TPSA) is 55.8 Å². The molecule has 0 aromatic heterocycles. The number of carbonyl (C=O) groups excluding carboxylic acids is 2. The zero-order valence-corrected chi connectivity index (χ0v) is 13.4. The molecule has 0 radical (unpaired) electrons. The Labute approximate surface area is 131 Å². The van der Waals surface area contributed by atoms with Crippen molar-refractivity contribution < 1.29 is 19.1 Å². The minimum Gasteiger partial charge on any atom is -0.496 e. The molecule has 118 valence electrons. The van der Waals surface area contributed by atoms with E-state index in [0.29, 0.717) is 16.9 Å². The van der Waals surface area contributed by atoms with E-state index < -0.39 is 11.7 Å². The van der Waals surface area contributed by atoms with Crippen LogP contribution in [0.15, 0.2) is 18.2 Å². The Balaban J connectivity index is 3.02. The number of nitrogens with zero attached hydrogens (tertiary/aromatic N) is 1. The zero-order chi connectivity index (χ0) is 16.8. The summed E-state index contributed by atoms with van der Waals surface area (Å²) in [6.45, 7) is 5.65. The van der Waals surface area contributed by atoms with Crippen LogP contribution in [0, 0.1) is 12.3 Å². The summed E-state index contributed by atoms with van der Waals surface area (Å²) >= 11 is 0. The summed E-state index contributed by atoms with van der Waals surface area (Å²) in [5, 5.41) is 0. The summed E-state index contributed by atoms with van der Waals surface area (Å²) in [5.41, 5.74) is 0.576. The molecule has 0 saturated carbocycles. The highest BCUT2D eigenvalue weighted by Crippen LogP contribution is 2.22. The van der Waals surface area contributed by atoms with Crippen molar-refractivity contribution in [3.8, 4) is 18.1 Å². The lowest BCUT2D eigenvalue weighted by Crippen LogP contribution is -2.36. The van der Waals surface area contributed by atoms with Crippen LogP contribution in [0.1, 0.15) is 36.7 Å². The number of amides is 1. The molecule has 5 heteroatoms. The van der Waals surface area contributed by atoms with Gasteiger partial charge in [-0.3, -0.25) is 9.69 Å². The first-order chi connectivity index (χ1) is 10.3. The predicted octanol–water partition coefficient (Wildman–Crippen LogP) is 2.88. The standard InChI is InChI=1S/C17H21NO4/c1-6-9-18(16(20)22-17(2,3)4)11-14-10-13(12-19)7-8-15(14)21-5/h1,7-8,10,12H,9,11H2,2-5H3. The molecule has 0 aliphatic carbocycles. The van der Waals surface area contributed by atoms with Gasteiger partial charge in [-0.1, -0.05) is 5.92 Å². The van der Waals surface area contributed by atoms with Crippen molar-refractivity contribution in [2.45, 2.75) is 32.9 Å². The SMILES string of the molecule is C#CCN(Cc1cc(C=O)ccc1OC)C(=O)OC(C)(C)C. The van der Waals surface area contributed by atoms with Crippen molar-refractivity contribution >= 4 is 12.4 Å². The maximum atomic E-state index is 12.2. The molecule has 0 aliphatic heterocycles. The Bertz CT molecular complexity index is 581. The summed E-state index contributed by atoms with van der Waals surface area (Å²) in [6.07, 6.45) is 5.55. The molecular weight excluding hydrogens is 282 g/mol. The fourth-order valence-electron chi connectivity index (χ4n) is 1.82. The van der Waals surface area contributed by atoms with Crippen LogP contribution in [-0.4, -0.2) is 36.5 Å². The minimum absolute atomic E-state index is 0.101. The first-order valence-corrected chi connectivity index (χ1v) is 6.84. The monoisotopic (exact) mass is 303 g/mol. The van der Waals surface area contributed by atoms with E-state index in [2.05, 4.69) is 5.92 Å². The summed E-state index contributed by atoms with van der Waals surface area (Å²) in [5.74, 6) is 3.02. The lowest BCUT2D eigenvalue weighted by atomic mass is 10.1. The Kier molecular flexibility index (Phi) is 6.00. The van der Waals surface area contributed by atoms with Crippen LogP contribution >= 0.6 is 0 Å². The van der Waals surface area contributed by atoms with E-state index in [4.69, 9.17) is 15.9 Å². The molecule has 1 aromatic carbocycles. The molecular formula is C17H21NO4. The van der Waals surface area contributed by atoms with Crippen LogP contribution in [0.3, 0.4) is 0 Å². The maximum absolute atomic E-state index is 12.2. The van der Waals surface area contributed by atoms with Gasteiger partial charge in [0.25, 0.3) is 0 Å². The normalized spacial score (nSPS) is 10.5. The predicted molar refractivity (Wildman–Crippen MR) is 83.9 cm³/mol. The number of terminal acetylenes is 1. The molecule has 0 heterocycles. The molecule has 1 aromatic rings. The van der Waals surface area contributed by atoms with Crippen molar-refractivity contribution in [2.24, 2.45) is 0 Å². The van der Waals surface area contributed by atoms with Gasteiger partial charge in [-0.15, -0.1) is 6.42 Å². The number of hydrogen-bond acceptors (Lipinski definition) is 4. The zero-order valence-electron chi connectivity index (χ0n) is 13.4. The summed E-state index contributed by atoms with van der Waals surface area (Å²) < 4.78 is 10.6. The quantitative estimate of drug-likeness (QED) is 0.620. The number of aldehydes is 1. The third-order valence-electron chi connectivity index (χ3n) is 2.74. The first kappa shape index (κ1) is 17.6. The first-order valence-electron chi connectivity index (χ1n) is 6.84. The van der Waals surface area contributed by atoms with E-state index in [0.717, 1.165) is 6.29 Å². The largest absolute Gasteiger partial charge is 0.496 e. The molecule has 0 atom stereocenters. The molecule has 1 amide bonds. The molecule has 1 rings (SSSR count). The van der Waals surface area contributed by atoms with Gasteiger partial charge in [0.1, 0.15) is 17.6 Å². The molecule has 0 unspecified atom stereocenters. The van der Waals surface area contributed by atoms with Gasteiger partial charge in [-0.25, -0.2) is 4.79 Å². The maximum Gasteiger partial charge on any atom is 0.411 e. The van der Waals surface area contributed by atoms with Crippen molar-refractivity contribution in [2.75, 3.05) is 13.7 Å². The van der Waals surface area contributed by atoms with Gasteiger partial charge >= 0.3 is 6.09 Å². The van der Waals surface area contributed by atoms with E-state index in [-0.39, 0.29) is 13.1 Å². The second kappa shape index (κ2) is 7.51. The molecule has 0 aliphatic rings. The molecule has 5 nitrogen and oxygen atoms in total. The highest BCUT2D eigenvalue weighted by atomic mass is 16.6. The van der Waals surface area contributed by atoms with Crippen LogP contribution in [0.5, 0.6) is 5.75 Å². The molecule has 0 N–H and O–H groups in total. The van der Waals surface area contributed by atoms with E-state index in [1.807, 2.05) is 0 Å². The Morgan fingerprint density at radius 1 is 1.41 bits per heavy atom. The number of benzene rings is 1. The van der Waals surface area contributed by atoms with E-state index in [1.54, 1.807) is 39.0 Å². The van der Waals surface area contributed by atoms with E-state index in [1.165, 1.54) is 12.0 Å². The number of carbonyl (C=O) groups is 2. The fourth-order valence-corrected chi connectivity index (χ4v) is 1.82. The number of ether oxygens (including phenoxy) is 2. The second-order valence-corrected chi connectivity index (χ2v) is 5.73. The molecule has 0 bridgehead atoms. The summed E-state index contributed by atoms with van der Waals surface area (Å²) in [7, 11) is 1.53. The van der Waals surface area contributed by atoms with Gasteiger partial charge in [-0.2, -0.15) is 0 Å². The lowest BCUT2D eigenvalue weighted by molar-refractivity contribution is 0.0259. The molecule has 22 heavy (non-hydrogen) atoms. The third kappa shape index (κ3) is 5.13.